The normalized spacial score (nSPS) is 20.0. The lowest BCUT2D eigenvalue weighted by Gasteiger charge is -2.51. The summed E-state index contributed by atoms with van der Waals surface area (Å²) in [6.07, 6.45) is -0.153. The second-order valence-corrected chi connectivity index (χ2v) is 8.91. The van der Waals surface area contributed by atoms with E-state index in [-0.39, 0.29) is 37.3 Å². The molecule has 0 unspecified atom stereocenters. The van der Waals surface area contributed by atoms with Gasteiger partial charge in [-0.25, -0.2) is 0 Å². The van der Waals surface area contributed by atoms with Crippen molar-refractivity contribution in [2.75, 3.05) is 13.7 Å². The number of esters is 1. The van der Waals surface area contributed by atoms with E-state index in [9.17, 15) is 14.4 Å². The number of ether oxygens (including phenoxy) is 2. The summed E-state index contributed by atoms with van der Waals surface area (Å²) in [4.78, 5) is 42.6. The van der Waals surface area contributed by atoms with Crippen LogP contribution in [0.3, 0.4) is 0 Å². The van der Waals surface area contributed by atoms with E-state index in [4.69, 9.17) is 9.47 Å². The number of rotatable bonds is 7. The van der Waals surface area contributed by atoms with E-state index < -0.39 is 23.6 Å². The number of piperazine rings is 1. The van der Waals surface area contributed by atoms with Crippen LogP contribution in [0.15, 0.2) is 24.3 Å². The fourth-order valence-electron chi connectivity index (χ4n) is 3.97. The van der Waals surface area contributed by atoms with Crippen molar-refractivity contribution in [3.8, 4) is 5.75 Å². The van der Waals surface area contributed by atoms with E-state index >= 15 is 0 Å². The average Bonchev–Trinajstić information content (AvgIpc) is 2.65. The number of carbonyl (C=O) groups is 3. The standard InChI is InChI=1S/C23H34N2O5/c1-8-30-19(26)13-18-21(27)24(14-16-9-11-17(29-7)12-10-16)20(15(2)3)22(28)25(18)23(4,5)6/h9-12,15,18,20H,8,13-14H2,1-7H3/t18-,20+/m1/s1. The highest BCUT2D eigenvalue weighted by atomic mass is 16.5. The number of hydrogen-bond acceptors (Lipinski definition) is 5. The molecule has 2 rings (SSSR count). The van der Waals surface area contributed by atoms with Crippen LogP contribution in [0.5, 0.6) is 5.75 Å². The Morgan fingerprint density at radius 3 is 2.17 bits per heavy atom. The van der Waals surface area contributed by atoms with Gasteiger partial charge in [-0.2, -0.15) is 0 Å². The monoisotopic (exact) mass is 418 g/mol. The first kappa shape index (κ1) is 23.7. The first-order chi connectivity index (χ1) is 14.0. The maximum atomic E-state index is 13.6. The van der Waals surface area contributed by atoms with Crippen molar-refractivity contribution in [1.82, 2.24) is 9.80 Å². The van der Waals surface area contributed by atoms with Gasteiger partial charge in [-0.3, -0.25) is 14.4 Å². The van der Waals surface area contributed by atoms with Crippen LogP contribution in [-0.4, -0.2) is 58.9 Å². The molecule has 30 heavy (non-hydrogen) atoms. The number of amides is 2. The molecule has 0 radical (unpaired) electrons. The SMILES string of the molecule is CCOC(=O)C[C@@H]1C(=O)N(Cc2ccc(OC)cc2)[C@@H](C(C)C)C(=O)N1C(C)(C)C. The quantitative estimate of drug-likeness (QED) is 0.636. The van der Waals surface area contributed by atoms with Crippen LogP contribution in [0, 0.1) is 5.92 Å². The van der Waals surface area contributed by atoms with E-state index in [1.807, 2.05) is 58.9 Å². The maximum Gasteiger partial charge on any atom is 0.308 e. The Labute approximate surface area is 179 Å². The summed E-state index contributed by atoms with van der Waals surface area (Å²) in [6.45, 7) is 11.7. The van der Waals surface area contributed by atoms with Gasteiger partial charge >= 0.3 is 5.97 Å². The fraction of sp³-hybridized carbons (Fsp3) is 0.609. The second-order valence-electron chi connectivity index (χ2n) is 8.91. The van der Waals surface area contributed by atoms with Crippen molar-refractivity contribution in [3.05, 3.63) is 29.8 Å². The number of hydrogen-bond donors (Lipinski definition) is 0. The molecule has 0 saturated carbocycles. The van der Waals surface area contributed by atoms with Crippen molar-refractivity contribution in [1.29, 1.82) is 0 Å². The molecule has 0 bridgehead atoms. The highest BCUT2D eigenvalue weighted by Gasteiger charge is 2.51. The Balaban J connectivity index is 2.44. The molecule has 1 heterocycles. The topological polar surface area (TPSA) is 76.1 Å². The molecular formula is C23H34N2O5. The second kappa shape index (κ2) is 9.49. The Kier molecular flexibility index (Phi) is 7.50. The number of nitrogens with zero attached hydrogens (tertiary/aromatic N) is 2. The largest absolute Gasteiger partial charge is 0.497 e. The zero-order chi connectivity index (χ0) is 22.6. The molecule has 0 spiro atoms. The summed E-state index contributed by atoms with van der Waals surface area (Å²) < 4.78 is 10.3. The van der Waals surface area contributed by atoms with Crippen molar-refractivity contribution >= 4 is 17.8 Å². The van der Waals surface area contributed by atoms with E-state index in [1.54, 1.807) is 23.8 Å². The van der Waals surface area contributed by atoms with Gasteiger partial charge in [0.2, 0.25) is 11.8 Å². The third-order valence-electron chi connectivity index (χ3n) is 5.24. The Morgan fingerprint density at radius 2 is 1.70 bits per heavy atom. The number of benzene rings is 1. The van der Waals surface area contributed by atoms with Gasteiger partial charge in [0, 0.05) is 12.1 Å². The summed E-state index contributed by atoms with van der Waals surface area (Å²) in [5.74, 6) is -0.204. The number of carbonyl (C=O) groups excluding carboxylic acids is 3. The minimum atomic E-state index is -0.884. The van der Waals surface area contributed by atoms with Gasteiger partial charge in [-0.1, -0.05) is 26.0 Å². The third-order valence-corrected chi connectivity index (χ3v) is 5.24. The van der Waals surface area contributed by atoms with Gasteiger partial charge in [-0.05, 0) is 51.3 Å². The van der Waals surface area contributed by atoms with Crippen LogP contribution in [0.1, 0.15) is 53.5 Å². The molecule has 166 valence electrons. The van der Waals surface area contributed by atoms with Gasteiger partial charge in [-0.15, -0.1) is 0 Å². The molecule has 1 aromatic rings. The van der Waals surface area contributed by atoms with Crippen molar-refractivity contribution in [3.63, 3.8) is 0 Å². The van der Waals surface area contributed by atoms with Crippen LogP contribution in [0.25, 0.3) is 0 Å². The van der Waals surface area contributed by atoms with E-state index in [0.717, 1.165) is 11.3 Å². The molecule has 1 aromatic carbocycles. The van der Waals surface area contributed by atoms with E-state index in [2.05, 4.69) is 0 Å². The molecule has 0 aliphatic carbocycles. The van der Waals surface area contributed by atoms with E-state index in [0.29, 0.717) is 0 Å². The Bertz CT molecular complexity index is 767. The van der Waals surface area contributed by atoms with Crippen LogP contribution in [-0.2, 0) is 25.7 Å². The third kappa shape index (κ3) is 5.12. The van der Waals surface area contributed by atoms with Gasteiger partial charge in [0.15, 0.2) is 0 Å². The molecule has 1 aliphatic heterocycles. The molecule has 7 heteroatoms. The van der Waals surface area contributed by atoms with Gasteiger partial charge in [0.1, 0.15) is 17.8 Å². The predicted octanol–water partition coefficient (Wildman–Crippen LogP) is 3.01. The zero-order valence-electron chi connectivity index (χ0n) is 19.1. The summed E-state index contributed by atoms with van der Waals surface area (Å²) in [5, 5.41) is 0. The van der Waals surface area contributed by atoms with Gasteiger partial charge < -0.3 is 19.3 Å². The first-order valence-corrected chi connectivity index (χ1v) is 10.4. The Hall–Kier alpha value is -2.57. The summed E-state index contributed by atoms with van der Waals surface area (Å²) in [5.41, 5.74) is 0.283. The van der Waals surface area contributed by atoms with Gasteiger partial charge in [0.25, 0.3) is 0 Å². The van der Waals surface area contributed by atoms with E-state index in [1.165, 1.54) is 0 Å². The van der Waals surface area contributed by atoms with Crippen molar-refractivity contribution in [2.45, 2.75) is 72.1 Å². The summed E-state index contributed by atoms with van der Waals surface area (Å²) in [6, 6.07) is 5.93. The first-order valence-electron chi connectivity index (χ1n) is 10.4. The lowest BCUT2D eigenvalue weighted by Crippen LogP contribution is -2.69. The van der Waals surface area contributed by atoms with Crippen molar-refractivity contribution < 1.29 is 23.9 Å². The van der Waals surface area contributed by atoms with Crippen LogP contribution in [0.2, 0.25) is 0 Å². The summed E-state index contributed by atoms with van der Waals surface area (Å²) in [7, 11) is 1.59. The van der Waals surface area contributed by atoms with Gasteiger partial charge in [0.05, 0.1) is 20.1 Å². The fourth-order valence-corrected chi connectivity index (χ4v) is 3.97. The highest BCUT2D eigenvalue weighted by molar-refractivity contribution is 5.99. The average molecular weight is 419 g/mol. The molecule has 2 amide bonds. The lowest BCUT2D eigenvalue weighted by atomic mass is 9.89. The minimum absolute atomic E-state index is 0.0758. The molecule has 0 N–H and O–H groups in total. The molecule has 1 saturated heterocycles. The van der Waals surface area contributed by atoms with Crippen molar-refractivity contribution in [2.24, 2.45) is 5.92 Å². The zero-order valence-corrected chi connectivity index (χ0v) is 19.1. The molecule has 1 fully saturated rings. The number of methoxy groups -OCH3 is 1. The Morgan fingerprint density at radius 1 is 1.10 bits per heavy atom. The highest BCUT2D eigenvalue weighted by Crippen LogP contribution is 2.32. The predicted molar refractivity (Wildman–Crippen MR) is 114 cm³/mol. The lowest BCUT2D eigenvalue weighted by molar-refractivity contribution is -0.173. The smallest absolute Gasteiger partial charge is 0.308 e. The molecule has 0 aromatic heterocycles. The van der Waals surface area contributed by atoms with Crippen LogP contribution >= 0.6 is 0 Å². The molecule has 7 nitrogen and oxygen atoms in total. The maximum absolute atomic E-state index is 13.6. The van der Waals surface area contributed by atoms with Crippen LogP contribution < -0.4 is 4.74 Å². The summed E-state index contributed by atoms with van der Waals surface area (Å²) >= 11 is 0. The molecule has 1 aliphatic rings. The molecular weight excluding hydrogens is 384 g/mol. The minimum Gasteiger partial charge on any atom is -0.497 e. The van der Waals surface area contributed by atoms with Crippen LogP contribution in [0.4, 0.5) is 0 Å². The molecule has 2 atom stereocenters.